The molecule has 0 aliphatic heterocycles. The van der Waals surface area contributed by atoms with Crippen molar-refractivity contribution in [3.63, 3.8) is 0 Å². The summed E-state index contributed by atoms with van der Waals surface area (Å²) < 4.78 is 250. The molecule has 0 aliphatic carbocycles. The minimum atomic E-state index is -9.20. The van der Waals surface area contributed by atoms with Crippen molar-refractivity contribution in [3.8, 4) is 0 Å². The van der Waals surface area contributed by atoms with Crippen molar-refractivity contribution in [3.05, 3.63) is 35.9 Å². The first-order valence-electron chi connectivity index (χ1n) is 8.32. The van der Waals surface area contributed by atoms with Crippen LogP contribution >= 0.6 is 0 Å². The lowest BCUT2D eigenvalue weighted by Crippen LogP contribution is -2.81. The van der Waals surface area contributed by atoms with Gasteiger partial charge in [0.05, 0.1) is 0 Å². The van der Waals surface area contributed by atoms with Gasteiger partial charge in [-0.2, -0.15) is 65.9 Å². The number of hydrogen-bond acceptors (Lipinski definition) is 2. The van der Waals surface area contributed by atoms with Gasteiger partial charge in [0.2, 0.25) is 0 Å². The van der Waals surface area contributed by atoms with E-state index in [1.54, 1.807) is 0 Å². The van der Waals surface area contributed by atoms with E-state index in [4.69, 9.17) is 0 Å². The number of rotatable bonds is 8. The summed E-state index contributed by atoms with van der Waals surface area (Å²) in [5, 5.41) is -7.86. The van der Waals surface area contributed by atoms with Crippen LogP contribution in [0.2, 0.25) is 0 Å². The molecule has 210 valence electrons. The van der Waals surface area contributed by atoms with Gasteiger partial charge in [0.15, 0.2) is 0 Å². The van der Waals surface area contributed by atoms with Crippen LogP contribution in [0.1, 0.15) is 5.56 Å². The molecule has 1 aromatic rings. The summed E-state index contributed by atoms with van der Waals surface area (Å²) in [6, 6.07) is 5.00. The minimum absolute atomic E-state index is 0.421. The second kappa shape index (κ2) is 8.76. The molecule has 1 N–H and O–H groups in total. The lowest BCUT2D eigenvalue weighted by Gasteiger charge is -2.47. The number of hydrogen-bond donors (Lipinski definition) is 1. The van der Waals surface area contributed by atoms with Gasteiger partial charge in [-0.15, -0.1) is 0 Å². The zero-order chi connectivity index (χ0) is 29.0. The molecule has 0 saturated carbocycles. The quantitative estimate of drug-likeness (QED) is 0.375. The number of alkyl halides is 17. The van der Waals surface area contributed by atoms with E-state index in [-0.39, 0.29) is 0 Å². The fraction of sp³-hybridized carbons (Fsp3) is 0.600. The zero-order valence-electron chi connectivity index (χ0n) is 16.2. The molecular weight excluding hydrogens is 581 g/mol. The molecule has 0 aliphatic rings. The van der Waals surface area contributed by atoms with Gasteiger partial charge in [0, 0.05) is 6.54 Å². The molecule has 36 heavy (non-hydrogen) atoms. The number of halogens is 17. The van der Waals surface area contributed by atoms with Crippen molar-refractivity contribution in [2.75, 3.05) is 0 Å². The maximum Gasteiger partial charge on any atom is 0.437 e. The molecule has 0 amide bonds. The molecule has 1 atom stereocenters. The van der Waals surface area contributed by atoms with Crippen LogP contribution in [0.4, 0.5) is 74.6 Å². The van der Waals surface area contributed by atoms with E-state index in [9.17, 15) is 83.1 Å². The first-order valence-corrected chi connectivity index (χ1v) is 9.81. The molecule has 0 spiro atoms. The van der Waals surface area contributed by atoms with E-state index in [1.807, 2.05) is 0 Å². The highest BCUT2D eigenvalue weighted by Crippen LogP contribution is 2.67. The van der Waals surface area contributed by atoms with Crippen LogP contribution in [-0.2, 0) is 16.6 Å². The molecule has 0 fully saturated rings. The third-order valence-corrected chi connectivity index (χ3v) is 5.94. The fourth-order valence-electron chi connectivity index (χ4n) is 2.54. The van der Waals surface area contributed by atoms with Gasteiger partial charge < -0.3 is 0 Å². The number of sulfonamides is 1. The van der Waals surface area contributed by atoms with Crippen LogP contribution in [0.3, 0.4) is 0 Å². The van der Waals surface area contributed by atoms with Crippen LogP contribution < -0.4 is 4.72 Å². The number of benzene rings is 1. The maximum absolute atomic E-state index is 14.4. The Morgan fingerprint density at radius 1 is 0.556 bits per heavy atom. The van der Waals surface area contributed by atoms with Crippen molar-refractivity contribution in [1.29, 1.82) is 0 Å². The van der Waals surface area contributed by atoms with Crippen molar-refractivity contribution >= 4 is 10.0 Å². The second-order valence-electron chi connectivity index (χ2n) is 6.79. The van der Waals surface area contributed by atoms with Crippen LogP contribution in [0.25, 0.3) is 0 Å². The Morgan fingerprint density at radius 3 is 1.25 bits per heavy atom. The molecular formula is C15H8F17NO2S. The molecule has 0 aromatic heterocycles. The van der Waals surface area contributed by atoms with Crippen LogP contribution in [-0.4, -0.2) is 55.4 Å². The summed E-state index contributed by atoms with van der Waals surface area (Å²) in [5.41, 5.74) is -18.4. The Bertz CT molecular complexity index is 1010. The SMILES string of the molecule is O=S(=O)(NCc1ccccc1)C(F)(F)C(F)(F)C(F)(C(F)(F)F)C(F)(F)C(F)(C(F)(F)F)C(F)(F)F. The summed E-state index contributed by atoms with van der Waals surface area (Å²) >= 11 is 0. The summed E-state index contributed by atoms with van der Waals surface area (Å²) in [6.07, 6.45) is -25.3. The predicted octanol–water partition coefficient (Wildman–Crippen LogP) is 6.07. The highest BCUT2D eigenvalue weighted by Gasteiger charge is 3.00. The molecule has 1 aromatic carbocycles. The largest absolute Gasteiger partial charge is 0.437 e. The molecule has 0 bridgehead atoms. The van der Waals surface area contributed by atoms with Gasteiger partial charge in [-0.25, -0.2) is 21.9 Å². The Balaban J connectivity index is 3.90. The smallest absolute Gasteiger partial charge is 0.220 e. The van der Waals surface area contributed by atoms with E-state index in [0.717, 1.165) is 24.3 Å². The maximum atomic E-state index is 14.4. The third kappa shape index (κ3) is 4.34. The van der Waals surface area contributed by atoms with Crippen molar-refractivity contribution < 1.29 is 83.1 Å². The fourth-order valence-corrected chi connectivity index (χ4v) is 3.56. The van der Waals surface area contributed by atoms with Crippen molar-refractivity contribution in [2.24, 2.45) is 0 Å². The molecule has 0 saturated heterocycles. The van der Waals surface area contributed by atoms with Gasteiger partial charge in [-0.1, -0.05) is 30.3 Å². The topological polar surface area (TPSA) is 46.2 Å². The molecule has 0 radical (unpaired) electrons. The summed E-state index contributed by atoms with van der Waals surface area (Å²) in [5.74, 6) is -17.9. The van der Waals surface area contributed by atoms with E-state index >= 15 is 0 Å². The summed E-state index contributed by atoms with van der Waals surface area (Å²) in [4.78, 5) is 0. The normalized spacial score (nSPS) is 17.1. The van der Waals surface area contributed by atoms with E-state index in [1.165, 1.54) is 6.07 Å². The van der Waals surface area contributed by atoms with Gasteiger partial charge in [0.25, 0.3) is 10.0 Å². The Hall–Kier alpha value is -2.06. The first kappa shape index (κ1) is 32.0. The van der Waals surface area contributed by atoms with Gasteiger partial charge >= 0.3 is 47.0 Å². The minimum Gasteiger partial charge on any atom is -0.220 e. The van der Waals surface area contributed by atoms with E-state index in [2.05, 4.69) is 0 Å². The van der Waals surface area contributed by atoms with Crippen molar-refractivity contribution in [1.82, 2.24) is 4.72 Å². The lowest BCUT2D eigenvalue weighted by molar-refractivity contribution is -0.465. The molecule has 21 heteroatoms. The Morgan fingerprint density at radius 2 is 0.917 bits per heavy atom. The average Bonchev–Trinajstić information content (AvgIpc) is 2.68. The Kier molecular flexibility index (Phi) is 7.78. The standard InChI is InChI=1S/C15H8F17NO2S/c16-8(12(22,23)24,10(18,19)9(17,13(25,26)27)14(28,29)30)11(20,21)15(31,32)36(34,35)33-6-7-4-2-1-3-5-7/h1-5,33H,6H2. The van der Waals surface area contributed by atoms with E-state index in [0.29, 0.717) is 4.72 Å². The molecule has 0 heterocycles. The monoisotopic (exact) mass is 589 g/mol. The predicted molar refractivity (Wildman–Crippen MR) is 82.9 cm³/mol. The first-order chi connectivity index (χ1) is 15.6. The van der Waals surface area contributed by atoms with Gasteiger partial charge in [-0.3, -0.25) is 0 Å². The second-order valence-corrected chi connectivity index (χ2v) is 8.59. The third-order valence-electron chi connectivity index (χ3n) is 4.48. The molecule has 3 nitrogen and oxygen atoms in total. The summed E-state index contributed by atoms with van der Waals surface area (Å²) in [6.45, 7) is -1.55. The van der Waals surface area contributed by atoms with Crippen molar-refractivity contribution in [2.45, 2.75) is 53.5 Å². The van der Waals surface area contributed by atoms with Gasteiger partial charge in [0.1, 0.15) is 0 Å². The van der Waals surface area contributed by atoms with E-state index < -0.39 is 69.1 Å². The Labute approximate surface area is 188 Å². The average molecular weight is 589 g/mol. The van der Waals surface area contributed by atoms with Crippen LogP contribution in [0.5, 0.6) is 0 Å². The molecule has 1 unspecified atom stereocenters. The molecule has 1 rings (SSSR count). The lowest BCUT2D eigenvalue weighted by atomic mass is 9.78. The van der Waals surface area contributed by atoms with Crippen LogP contribution in [0, 0.1) is 0 Å². The zero-order valence-corrected chi connectivity index (χ0v) is 17.1. The highest BCUT2D eigenvalue weighted by molar-refractivity contribution is 7.90. The van der Waals surface area contributed by atoms with Crippen LogP contribution in [0.15, 0.2) is 30.3 Å². The highest BCUT2D eigenvalue weighted by atomic mass is 32.2. The number of nitrogens with one attached hydrogen (secondary N) is 1. The summed E-state index contributed by atoms with van der Waals surface area (Å²) in [7, 11) is -7.53. The van der Waals surface area contributed by atoms with Gasteiger partial charge in [-0.05, 0) is 5.56 Å².